The molecule has 0 aliphatic heterocycles. The topological polar surface area (TPSA) is 54.0 Å². The lowest BCUT2D eigenvalue weighted by molar-refractivity contribution is 0.0732. The van der Waals surface area contributed by atoms with Crippen LogP contribution in [0.3, 0.4) is 0 Å². The second-order valence-electron chi connectivity index (χ2n) is 4.70. The van der Waals surface area contributed by atoms with Gasteiger partial charge >= 0.3 is 0 Å². The molecule has 5 nitrogen and oxygen atoms in total. The van der Waals surface area contributed by atoms with E-state index in [0.717, 1.165) is 4.48 Å². The molecule has 0 N–H and O–H groups in total. The van der Waals surface area contributed by atoms with Crippen molar-refractivity contribution in [2.45, 2.75) is 19.4 Å². The lowest BCUT2D eigenvalue weighted by Crippen LogP contribution is -2.14. The zero-order valence-electron chi connectivity index (χ0n) is 13.1. The number of halogens is 1. The zero-order chi connectivity index (χ0) is 16.3. The summed E-state index contributed by atoms with van der Waals surface area (Å²) in [5.41, 5.74) is 1.19. The number of hydrogen-bond acceptors (Lipinski definition) is 5. The van der Waals surface area contributed by atoms with Crippen LogP contribution in [-0.2, 0) is 4.74 Å². The van der Waals surface area contributed by atoms with Crippen molar-refractivity contribution < 1.29 is 23.7 Å². The SMILES string of the molecule is CCOC1C=C(Br)c2c(cc(OC)c(OC)c2OC)C(=O)C1. The van der Waals surface area contributed by atoms with Crippen molar-refractivity contribution in [3.63, 3.8) is 0 Å². The number of carbonyl (C=O) groups excluding carboxylic acids is 1. The molecular formula is C16H19BrO5. The summed E-state index contributed by atoms with van der Waals surface area (Å²) in [5, 5.41) is 0. The molecular weight excluding hydrogens is 352 g/mol. The summed E-state index contributed by atoms with van der Waals surface area (Å²) >= 11 is 3.53. The van der Waals surface area contributed by atoms with Gasteiger partial charge in [0.05, 0.1) is 27.4 Å². The fourth-order valence-electron chi connectivity index (χ4n) is 2.53. The Morgan fingerprint density at radius 1 is 1.18 bits per heavy atom. The Bertz CT molecular complexity index is 609. The van der Waals surface area contributed by atoms with Crippen LogP contribution in [-0.4, -0.2) is 39.8 Å². The third kappa shape index (κ3) is 2.98. The van der Waals surface area contributed by atoms with Gasteiger partial charge in [-0.3, -0.25) is 4.79 Å². The highest BCUT2D eigenvalue weighted by molar-refractivity contribution is 9.15. The van der Waals surface area contributed by atoms with Gasteiger partial charge in [-0.15, -0.1) is 0 Å². The van der Waals surface area contributed by atoms with Gasteiger partial charge in [0.2, 0.25) is 5.75 Å². The monoisotopic (exact) mass is 370 g/mol. The average Bonchev–Trinajstić information content (AvgIpc) is 2.62. The van der Waals surface area contributed by atoms with Crippen molar-refractivity contribution in [1.82, 2.24) is 0 Å². The molecule has 1 aromatic rings. The molecule has 2 rings (SSSR count). The molecule has 0 spiro atoms. The minimum Gasteiger partial charge on any atom is -0.493 e. The predicted molar refractivity (Wildman–Crippen MR) is 87.4 cm³/mol. The molecule has 0 aromatic heterocycles. The number of benzene rings is 1. The average molecular weight is 371 g/mol. The van der Waals surface area contributed by atoms with Crippen molar-refractivity contribution in [3.05, 3.63) is 23.3 Å². The third-order valence-corrected chi connectivity index (χ3v) is 4.13. The number of carbonyl (C=O) groups is 1. The van der Waals surface area contributed by atoms with Crippen molar-refractivity contribution >= 4 is 26.2 Å². The van der Waals surface area contributed by atoms with E-state index in [2.05, 4.69) is 15.9 Å². The van der Waals surface area contributed by atoms with E-state index in [9.17, 15) is 4.79 Å². The summed E-state index contributed by atoms with van der Waals surface area (Å²) in [5.74, 6) is 1.35. The first-order valence-corrected chi connectivity index (χ1v) is 7.72. The van der Waals surface area contributed by atoms with E-state index in [4.69, 9.17) is 18.9 Å². The van der Waals surface area contributed by atoms with Crippen molar-refractivity contribution in [3.8, 4) is 17.2 Å². The van der Waals surface area contributed by atoms with Gasteiger partial charge in [-0.05, 0) is 19.1 Å². The molecule has 0 saturated carbocycles. The number of rotatable bonds is 5. The molecule has 0 bridgehead atoms. The van der Waals surface area contributed by atoms with Crippen LogP contribution in [0.15, 0.2) is 12.1 Å². The van der Waals surface area contributed by atoms with Crippen LogP contribution in [0, 0.1) is 0 Å². The number of Topliss-reactive ketones (excluding diaryl/α,β-unsaturated/α-hetero) is 1. The first-order chi connectivity index (χ1) is 10.6. The molecule has 1 atom stereocenters. The molecule has 1 aliphatic rings. The maximum atomic E-state index is 12.6. The quantitative estimate of drug-likeness (QED) is 0.794. The number of methoxy groups -OCH3 is 3. The molecule has 120 valence electrons. The van der Waals surface area contributed by atoms with E-state index in [1.54, 1.807) is 6.07 Å². The van der Waals surface area contributed by atoms with Crippen LogP contribution >= 0.6 is 15.9 Å². The van der Waals surface area contributed by atoms with Gasteiger partial charge in [0.1, 0.15) is 0 Å². The third-order valence-electron chi connectivity index (χ3n) is 3.47. The standard InChI is InChI=1S/C16H19BrO5/c1-5-22-9-6-11(17)14-10(12(18)7-9)8-13(19-2)15(20-3)16(14)21-4/h6,8-9H,5,7H2,1-4H3. The van der Waals surface area contributed by atoms with Gasteiger partial charge in [-0.1, -0.05) is 15.9 Å². The molecule has 1 aliphatic carbocycles. The lowest BCUT2D eigenvalue weighted by atomic mass is 10.0. The van der Waals surface area contributed by atoms with E-state index >= 15 is 0 Å². The molecule has 0 fully saturated rings. The van der Waals surface area contributed by atoms with Crippen LogP contribution in [0.2, 0.25) is 0 Å². The van der Waals surface area contributed by atoms with E-state index in [0.29, 0.717) is 35.0 Å². The molecule has 0 saturated heterocycles. The van der Waals surface area contributed by atoms with Gasteiger partial charge < -0.3 is 18.9 Å². The number of hydrogen-bond donors (Lipinski definition) is 0. The second kappa shape index (κ2) is 7.15. The Kier molecular flexibility index (Phi) is 5.47. The minimum atomic E-state index is -0.277. The van der Waals surface area contributed by atoms with Gasteiger partial charge in [-0.2, -0.15) is 0 Å². The largest absolute Gasteiger partial charge is 0.493 e. The molecule has 0 amide bonds. The Morgan fingerprint density at radius 2 is 1.86 bits per heavy atom. The smallest absolute Gasteiger partial charge is 0.203 e. The molecule has 0 radical (unpaired) electrons. The highest BCUT2D eigenvalue weighted by atomic mass is 79.9. The lowest BCUT2D eigenvalue weighted by Gasteiger charge is -2.18. The first-order valence-electron chi connectivity index (χ1n) is 6.92. The maximum absolute atomic E-state index is 12.6. The summed E-state index contributed by atoms with van der Waals surface area (Å²) < 4.78 is 22.5. The van der Waals surface area contributed by atoms with E-state index in [1.807, 2.05) is 13.0 Å². The van der Waals surface area contributed by atoms with Gasteiger partial charge in [0.15, 0.2) is 17.3 Å². The van der Waals surface area contributed by atoms with Crippen LogP contribution < -0.4 is 14.2 Å². The zero-order valence-corrected chi connectivity index (χ0v) is 14.7. The summed E-state index contributed by atoms with van der Waals surface area (Å²) in [6.45, 7) is 2.44. The Labute approximate surface area is 138 Å². The van der Waals surface area contributed by atoms with Crippen LogP contribution in [0.25, 0.3) is 4.48 Å². The summed E-state index contributed by atoms with van der Waals surface area (Å²) in [6.07, 6.45) is 1.87. The van der Waals surface area contributed by atoms with Crippen LogP contribution in [0.4, 0.5) is 0 Å². The molecule has 0 heterocycles. The van der Waals surface area contributed by atoms with E-state index < -0.39 is 0 Å². The van der Waals surface area contributed by atoms with Crippen molar-refractivity contribution in [2.75, 3.05) is 27.9 Å². The highest BCUT2D eigenvalue weighted by Crippen LogP contribution is 2.47. The van der Waals surface area contributed by atoms with Crippen molar-refractivity contribution in [1.29, 1.82) is 0 Å². The Balaban J connectivity index is 2.69. The Morgan fingerprint density at radius 3 is 2.41 bits per heavy atom. The first kappa shape index (κ1) is 16.8. The molecule has 22 heavy (non-hydrogen) atoms. The normalized spacial score (nSPS) is 17.4. The predicted octanol–water partition coefficient (Wildman–Crippen LogP) is 3.44. The van der Waals surface area contributed by atoms with Gasteiger partial charge in [0.25, 0.3) is 0 Å². The number of ether oxygens (including phenoxy) is 4. The summed E-state index contributed by atoms with van der Waals surface area (Å²) in [6, 6.07) is 1.68. The number of ketones is 1. The number of fused-ring (bicyclic) bond motifs is 1. The van der Waals surface area contributed by atoms with Crippen LogP contribution in [0.1, 0.15) is 29.3 Å². The summed E-state index contributed by atoms with van der Waals surface area (Å²) in [7, 11) is 4.60. The van der Waals surface area contributed by atoms with E-state index in [1.165, 1.54) is 21.3 Å². The van der Waals surface area contributed by atoms with Crippen LogP contribution in [0.5, 0.6) is 17.2 Å². The molecule has 1 unspecified atom stereocenters. The second-order valence-corrected chi connectivity index (χ2v) is 5.56. The highest BCUT2D eigenvalue weighted by Gasteiger charge is 2.29. The van der Waals surface area contributed by atoms with Crippen molar-refractivity contribution in [2.24, 2.45) is 0 Å². The van der Waals surface area contributed by atoms with Gasteiger partial charge in [0, 0.05) is 28.6 Å². The molecule has 1 aromatic carbocycles. The van der Waals surface area contributed by atoms with E-state index in [-0.39, 0.29) is 18.3 Å². The molecule has 6 heteroatoms. The summed E-state index contributed by atoms with van der Waals surface area (Å²) in [4.78, 5) is 12.6. The fraction of sp³-hybridized carbons (Fsp3) is 0.438. The Hall–Kier alpha value is -1.53. The fourth-order valence-corrected chi connectivity index (χ4v) is 3.22. The van der Waals surface area contributed by atoms with Gasteiger partial charge in [-0.25, -0.2) is 0 Å². The minimum absolute atomic E-state index is 0.0293. The maximum Gasteiger partial charge on any atom is 0.203 e.